The Morgan fingerprint density at radius 3 is 2.86 bits per heavy atom. The molecule has 144 valence electrons. The van der Waals surface area contributed by atoms with E-state index in [-0.39, 0.29) is 23.6 Å². The Labute approximate surface area is 165 Å². The molecule has 6 nitrogen and oxygen atoms in total. The second kappa shape index (κ2) is 7.09. The molecule has 2 heterocycles. The molecule has 2 saturated carbocycles. The summed E-state index contributed by atoms with van der Waals surface area (Å²) < 4.78 is 18.7. The van der Waals surface area contributed by atoms with Gasteiger partial charge >= 0.3 is 0 Å². The number of rotatable bonds is 5. The van der Waals surface area contributed by atoms with Gasteiger partial charge in [0.2, 0.25) is 17.6 Å². The molecule has 1 N–H and O–H groups in total. The minimum absolute atomic E-state index is 0.0360. The fourth-order valence-corrected chi connectivity index (χ4v) is 5.29. The van der Waals surface area contributed by atoms with Gasteiger partial charge < -0.3 is 9.84 Å². The van der Waals surface area contributed by atoms with Crippen LogP contribution in [0, 0.1) is 23.6 Å². The number of carbonyl (C=O) groups excluding carboxylic acids is 1. The average molecular weight is 398 g/mol. The Morgan fingerprint density at radius 2 is 2.07 bits per heavy atom. The number of halogens is 1. The number of nitrogens with zero attached hydrogens (tertiary/aromatic N) is 3. The summed E-state index contributed by atoms with van der Waals surface area (Å²) in [5.41, 5.74) is 0.698. The van der Waals surface area contributed by atoms with Crippen LogP contribution in [0.25, 0.3) is 11.4 Å². The summed E-state index contributed by atoms with van der Waals surface area (Å²) in [5, 5.41) is 9.90. The topological polar surface area (TPSA) is 80.9 Å². The maximum atomic E-state index is 13.2. The number of benzene rings is 1. The van der Waals surface area contributed by atoms with Crippen LogP contribution < -0.4 is 5.32 Å². The van der Waals surface area contributed by atoms with Gasteiger partial charge in [0.1, 0.15) is 10.8 Å². The van der Waals surface area contributed by atoms with Crippen molar-refractivity contribution in [3.63, 3.8) is 0 Å². The zero-order valence-electron chi connectivity index (χ0n) is 15.0. The van der Waals surface area contributed by atoms with Crippen LogP contribution in [0.2, 0.25) is 0 Å². The van der Waals surface area contributed by atoms with Gasteiger partial charge in [-0.15, -0.1) is 11.3 Å². The largest absolute Gasteiger partial charge is 0.349 e. The van der Waals surface area contributed by atoms with Crippen molar-refractivity contribution >= 4 is 17.2 Å². The summed E-state index contributed by atoms with van der Waals surface area (Å²) >= 11 is 1.53. The lowest BCUT2D eigenvalue weighted by atomic mass is 9.78. The van der Waals surface area contributed by atoms with Crippen molar-refractivity contribution in [2.45, 2.75) is 31.7 Å². The Balaban J connectivity index is 1.37. The van der Waals surface area contributed by atoms with Crippen molar-refractivity contribution in [2.24, 2.45) is 17.8 Å². The zero-order chi connectivity index (χ0) is 19.1. The first-order valence-electron chi connectivity index (χ1n) is 9.44. The van der Waals surface area contributed by atoms with E-state index in [2.05, 4.69) is 20.4 Å². The molecule has 0 unspecified atom stereocenters. The predicted octanol–water partition coefficient (Wildman–Crippen LogP) is 3.78. The molecule has 1 amide bonds. The van der Waals surface area contributed by atoms with E-state index in [0.29, 0.717) is 35.7 Å². The molecule has 1 aromatic carbocycles. The summed E-state index contributed by atoms with van der Waals surface area (Å²) in [6.07, 6.45) is 4.91. The third kappa shape index (κ3) is 3.11. The van der Waals surface area contributed by atoms with E-state index < -0.39 is 0 Å². The number of nitrogens with one attached hydrogen (secondary N) is 1. The summed E-state index contributed by atoms with van der Waals surface area (Å²) in [4.78, 5) is 21.7. The van der Waals surface area contributed by atoms with Gasteiger partial charge in [-0.3, -0.25) is 4.79 Å². The Morgan fingerprint density at radius 1 is 1.25 bits per heavy atom. The van der Waals surface area contributed by atoms with Crippen LogP contribution in [0.1, 0.15) is 36.1 Å². The highest BCUT2D eigenvalue weighted by Gasteiger charge is 2.53. The standard InChI is InChI=1S/C20H19FN4O2S/c21-14-5-3-11(4-6-14)18-24-20(27-25-18)17-13-2-1-12(9-13)16(17)19(26)23-10-15-22-7-8-28-15/h3-8,12-13,16-17H,1-2,9-10H2,(H,23,26)/t12-,13+,16-,17-/m0/s1. The van der Waals surface area contributed by atoms with Crippen LogP contribution in [0.4, 0.5) is 4.39 Å². The number of carbonyl (C=O) groups is 1. The van der Waals surface area contributed by atoms with Crippen molar-refractivity contribution in [1.82, 2.24) is 20.4 Å². The normalized spacial score (nSPS) is 25.9. The molecule has 8 heteroatoms. The van der Waals surface area contributed by atoms with Crippen LogP contribution in [0.3, 0.4) is 0 Å². The summed E-state index contributed by atoms with van der Waals surface area (Å²) in [6, 6.07) is 6.00. The zero-order valence-corrected chi connectivity index (χ0v) is 15.9. The number of aromatic nitrogens is 3. The maximum absolute atomic E-state index is 13.2. The minimum Gasteiger partial charge on any atom is -0.349 e. The lowest BCUT2D eigenvalue weighted by Gasteiger charge is -2.27. The Hall–Kier alpha value is -2.61. The van der Waals surface area contributed by atoms with E-state index in [9.17, 15) is 9.18 Å². The minimum atomic E-state index is -0.308. The average Bonchev–Trinajstić information content (AvgIpc) is 3.50. The van der Waals surface area contributed by atoms with Crippen molar-refractivity contribution in [3.05, 3.63) is 52.6 Å². The molecule has 2 aromatic heterocycles. The van der Waals surface area contributed by atoms with E-state index in [4.69, 9.17) is 4.52 Å². The van der Waals surface area contributed by atoms with Crippen LogP contribution in [-0.4, -0.2) is 21.0 Å². The fraction of sp³-hybridized carbons (Fsp3) is 0.400. The van der Waals surface area contributed by atoms with Gasteiger partial charge in [0.15, 0.2) is 0 Å². The lowest BCUT2D eigenvalue weighted by molar-refractivity contribution is -0.127. The van der Waals surface area contributed by atoms with Gasteiger partial charge in [0.05, 0.1) is 18.4 Å². The summed E-state index contributed by atoms with van der Waals surface area (Å²) in [7, 11) is 0. The van der Waals surface area contributed by atoms with E-state index in [1.807, 2.05) is 5.38 Å². The van der Waals surface area contributed by atoms with Gasteiger partial charge in [0.25, 0.3) is 0 Å². The molecule has 0 radical (unpaired) electrons. The molecule has 2 aliphatic carbocycles. The molecule has 0 saturated heterocycles. The molecule has 2 bridgehead atoms. The van der Waals surface area contributed by atoms with E-state index >= 15 is 0 Å². The number of thiazole rings is 1. The smallest absolute Gasteiger partial charge is 0.231 e. The molecule has 0 aliphatic heterocycles. The monoisotopic (exact) mass is 398 g/mol. The maximum Gasteiger partial charge on any atom is 0.231 e. The van der Waals surface area contributed by atoms with Crippen molar-refractivity contribution in [2.75, 3.05) is 0 Å². The van der Waals surface area contributed by atoms with Gasteiger partial charge in [-0.05, 0) is 55.4 Å². The first-order chi connectivity index (χ1) is 13.7. The summed E-state index contributed by atoms with van der Waals surface area (Å²) in [6.45, 7) is 0.446. The van der Waals surface area contributed by atoms with E-state index in [0.717, 1.165) is 24.3 Å². The highest BCUT2D eigenvalue weighted by Crippen LogP contribution is 2.56. The van der Waals surface area contributed by atoms with Gasteiger partial charge in [-0.25, -0.2) is 9.37 Å². The predicted molar refractivity (Wildman–Crippen MR) is 101 cm³/mol. The van der Waals surface area contributed by atoms with E-state index in [1.54, 1.807) is 18.3 Å². The first kappa shape index (κ1) is 17.5. The fourth-order valence-electron chi connectivity index (χ4n) is 4.73. The second-order valence-electron chi connectivity index (χ2n) is 7.49. The second-order valence-corrected chi connectivity index (χ2v) is 8.47. The number of fused-ring (bicyclic) bond motifs is 2. The molecule has 28 heavy (non-hydrogen) atoms. The Kier molecular flexibility index (Phi) is 4.43. The van der Waals surface area contributed by atoms with Gasteiger partial charge in [-0.2, -0.15) is 4.98 Å². The van der Waals surface area contributed by atoms with Crippen LogP contribution in [0.5, 0.6) is 0 Å². The number of hydrogen-bond acceptors (Lipinski definition) is 6. The molecular weight excluding hydrogens is 379 g/mol. The van der Waals surface area contributed by atoms with Gasteiger partial charge in [0, 0.05) is 17.1 Å². The number of hydrogen-bond donors (Lipinski definition) is 1. The van der Waals surface area contributed by atoms with Crippen molar-refractivity contribution in [3.8, 4) is 11.4 Å². The lowest BCUT2D eigenvalue weighted by Crippen LogP contribution is -2.37. The highest BCUT2D eigenvalue weighted by atomic mass is 32.1. The molecule has 3 aromatic rings. The SMILES string of the molecule is O=C(NCc1nccs1)[C@H]1[C@H]2CC[C@H](C2)[C@@H]1c1nc(-c2ccc(F)cc2)no1. The summed E-state index contributed by atoms with van der Waals surface area (Å²) in [5.74, 6) is 1.21. The van der Waals surface area contributed by atoms with Crippen LogP contribution in [-0.2, 0) is 11.3 Å². The Bertz CT molecular complexity index is 973. The third-order valence-corrected chi connectivity index (χ3v) is 6.73. The van der Waals surface area contributed by atoms with Gasteiger partial charge in [-0.1, -0.05) is 5.16 Å². The molecule has 2 fully saturated rings. The third-order valence-electron chi connectivity index (χ3n) is 5.95. The molecule has 5 rings (SSSR count). The van der Waals surface area contributed by atoms with Crippen molar-refractivity contribution < 1.29 is 13.7 Å². The molecule has 0 spiro atoms. The molecule has 4 atom stereocenters. The molecular formula is C20H19FN4O2S. The number of amides is 1. The van der Waals surface area contributed by atoms with Crippen LogP contribution in [0.15, 0.2) is 40.4 Å². The highest BCUT2D eigenvalue weighted by molar-refractivity contribution is 7.09. The van der Waals surface area contributed by atoms with E-state index in [1.165, 1.54) is 23.5 Å². The quantitative estimate of drug-likeness (QED) is 0.707. The van der Waals surface area contributed by atoms with Crippen molar-refractivity contribution in [1.29, 1.82) is 0 Å². The molecule has 2 aliphatic rings. The van der Waals surface area contributed by atoms with Crippen LogP contribution >= 0.6 is 11.3 Å². The first-order valence-corrected chi connectivity index (χ1v) is 10.3.